The first-order chi connectivity index (χ1) is 18.9. The Labute approximate surface area is 237 Å². The van der Waals surface area contributed by atoms with Crippen molar-refractivity contribution in [3.05, 3.63) is 46.6 Å². The third-order valence-electron chi connectivity index (χ3n) is 8.12. The van der Waals surface area contributed by atoms with E-state index in [1.807, 2.05) is 0 Å². The highest BCUT2D eigenvalue weighted by molar-refractivity contribution is 6.34. The Kier molecular flexibility index (Phi) is 8.00. The highest BCUT2D eigenvalue weighted by Gasteiger charge is 2.49. The lowest BCUT2D eigenvalue weighted by Crippen LogP contribution is -2.52. The number of halogens is 4. The maximum atomic E-state index is 13.9. The van der Waals surface area contributed by atoms with Gasteiger partial charge in [0, 0.05) is 64.3 Å². The van der Waals surface area contributed by atoms with E-state index in [4.69, 9.17) is 11.6 Å². The van der Waals surface area contributed by atoms with Crippen LogP contribution in [-0.4, -0.2) is 92.5 Å². The smallest absolute Gasteiger partial charge is 0.368 e. The SMILES string of the molecule is Cc1cc(C(F)(F)F)cc(N2C(=O)C[C@@H]3CN(CCCN4CCN(C)CC4)c4c(Cl)cccc4N(C)C(=O)[C@H]32)n1. The molecule has 0 N–H and O–H groups in total. The average molecular weight is 579 g/mol. The molecular formula is C28H34ClF3N6O2. The molecule has 12 heteroatoms. The zero-order valence-corrected chi connectivity index (χ0v) is 23.7. The number of fused-ring (bicyclic) bond motifs is 2. The quantitative estimate of drug-likeness (QED) is 0.536. The lowest BCUT2D eigenvalue weighted by Gasteiger charge is -2.39. The van der Waals surface area contributed by atoms with E-state index < -0.39 is 29.6 Å². The summed E-state index contributed by atoms with van der Waals surface area (Å²) in [5, 5.41) is 0.506. The van der Waals surface area contributed by atoms with Gasteiger partial charge in [0.25, 0.3) is 0 Å². The minimum Gasteiger partial charge on any atom is -0.368 e. The van der Waals surface area contributed by atoms with Crippen molar-refractivity contribution in [1.82, 2.24) is 14.8 Å². The molecule has 2 atom stereocenters. The summed E-state index contributed by atoms with van der Waals surface area (Å²) in [7, 11) is 3.74. The summed E-state index contributed by atoms with van der Waals surface area (Å²) < 4.78 is 40.9. The number of aromatic nitrogens is 1. The first kappa shape index (κ1) is 28.6. The molecule has 3 aliphatic rings. The summed E-state index contributed by atoms with van der Waals surface area (Å²) in [5.41, 5.74) is 0.551. The summed E-state index contributed by atoms with van der Waals surface area (Å²) in [6, 6.07) is 6.17. The Balaban J connectivity index is 1.47. The summed E-state index contributed by atoms with van der Waals surface area (Å²) in [6.45, 7) is 7.43. The number of piperazine rings is 1. The molecular weight excluding hydrogens is 545 g/mol. The molecule has 4 heterocycles. The fraction of sp³-hybridized carbons (Fsp3) is 0.536. The summed E-state index contributed by atoms with van der Waals surface area (Å²) in [6.07, 6.45) is -3.73. The molecule has 2 aromatic rings. The largest absolute Gasteiger partial charge is 0.416 e. The topological polar surface area (TPSA) is 63.2 Å². The van der Waals surface area contributed by atoms with Crippen LogP contribution in [-0.2, 0) is 15.8 Å². The van der Waals surface area contributed by atoms with Gasteiger partial charge in [-0.05, 0) is 51.2 Å². The van der Waals surface area contributed by atoms with E-state index in [-0.39, 0.29) is 23.8 Å². The predicted octanol–water partition coefficient (Wildman–Crippen LogP) is 3.90. The third kappa shape index (κ3) is 5.64. The second-order valence-electron chi connectivity index (χ2n) is 11.0. The fourth-order valence-electron chi connectivity index (χ4n) is 6.02. The first-order valence-corrected chi connectivity index (χ1v) is 13.9. The van der Waals surface area contributed by atoms with E-state index >= 15 is 0 Å². The first-order valence-electron chi connectivity index (χ1n) is 13.5. The van der Waals surface area contributed by atoms with Gasteiger partial charge >= 0.3 is 6.18 Å². The van der Waals surface area contributed by atoms with Crippen molar-refractivity contribution >= 4 is 40.6 Å². The third-order valence-corrected chi connectivity index (χ3v) is 8.43. The molecule has 2 amide bonds. The van der Waals surface area contributed by atoms with Gasteiger partial charge in [0.2, 0.25) is 11.8 Å². The van der Waals surface area contributed by atoms with Crippen LogP contribution in [0.3, 0.4) is 0 Å². The molecule has 0 radical (unpaired) electrons. The van der Waals surface area contributed by atoms with Crippen LogP contribution in [0.2, 0.25) is 5.02 Å². The van der Waals surface area contributed by atoms with Crippen molar-refractivity contribution < 1.29 is 22.8 Å². The number of hydrogen-bond acceptors (Lipinski definition) is 6. The number of aryl methyl sites for hydroxylation is 1. The molecule has 0 bridgehead atoms. The van der Waals surface area contributed by atoms with Gasteiger partial charge < -0.3 is 19.6 Å². The van der Waals surface area contributed by atoms with E-state index in [0.717, 1.165) is 57.0 Å². The lowest BCUT2D eigenvalue weighted by atomic mass is 9.95. The van der Waals surface area contributed by atoms with Crippen molar-refractivity contribution in [3.63, 3.8) is 0 Å². The van der Waals surface area contributed by atoms with Gasteiger partial charge in [-0.2, -0.15) is 13.2 Å². The summed E-state index contributed by atoms with van der Waals surface area (Å²) >= 11 is 6.70. The zero-order chi connectivity index (χ0) is 28.8. The molecule has 3 aliphatic heterocycles. The molecule has 2 fully saturated rings. The van der Waals surface area contributed by atoms with Crippen molar-refractivity contribution in [3.8, 4) is 0 Å². The number of carbonyl (C=O) groups excluding carboxylic acids is 2. The molecule has 8 nitrogen and oxygen atoms in total. The highest BCUT2D eigenvalue weighted by Crippen LogP contribution is 2.43. The van der Waals surface area contributed by atoms with Gasteiger partial charge in [-0.15, -0.1) is 0 Å². The number of hydrogen-bond donors (Lipinski definition) is 0. The Bertz CT molecular complexity index is 1280. The molecule has 216 valence electrons. The van der Waals surface area contributed by atoms with Crippen LogP contribution in [0, 0.1) is 12.8 Å². The van der Waals surface area contributed by atoms with Crippen LogP contribution >= 0.6 is 11.6 Å². The number of amides is 2. The molecule has 40 heavy (non-hydrogen) atoms. The Morgan fingerprint density at radius 1 is 1.05 bits per heavy atom. The Morgan fingerprint density at radius 2 is 1.77 bits per heavy atom. The van der Waals surface area contributed by atoms with E-state index in [1.165, 1.54) is 16.7 Å². The molecule has 1 aromatic carbocycles. The lowest BCUT2D eigenvalue weighted by molar-refractivity contribution is -0.137. The Hall–Kier alpha value is -2.89. The van der Waals surface area contributed by atoms with Crippen molar-refractivity contribution in [2.24, 2.45) is 5.92 Å². The maximum absolute atomic E-state index is 13.9. The minimum absolute atomic E-state index is 0.0238. The number of pyridine rings is 1. The van der Waals surface area contributed by atoms with Crippen molar-refractivity contribution in [2.45, 2.75) is 32.0 Å². The molecule has 0 unspecified atom stereocenters. The van der Waals surface area contributed by atoms with Crippen LogP contribution in [0.1, 0.15) is 24.1 Å². The summed E-state index contributed by atoms with van der Waals surface area (Å²) in [4.78, 5) is 41.0. The van der Waals surface area contributed by atoms with Crippen LogP contribution in [0.5, 0.6) is 0 Å². The standard InChI is InChI=1S/C28H34ClF3N6O2/c1-18-14-20(28(30,31)32)16-23(33-18)38-24(39)15-19-17-37(9-5-8-36-12-10-34(2)11-13-36)26-21(29)6-4-7-22(26)35(3)27(40)25(19)38/h4,6-7,14,16,19,25H,5,8-13,15,17H2,1-3H3/t19-,25+/m1/s1. The number of para-hydroxylation sites is 1. The predicted molar refractivity (Wildman–Crippen MR) is 149 cm³/mol. The maximum Gasteiger partial charge on any atom is 0.416 e. The monoisotopic (exact) mass is 578 g/mol. The number of nitrogens with zero attached hydrogens (tertiary/aromatic N) is 6. The van der Waals surface area contributed by atoms with Gasteiger partial charge in [0.05, 0.1) is 22.0 Å². The number of anilines is 3. The molecule has 0 spiro atoms. The van der Waals surface area contributed by atoms with E-state index in [1.54, 1.807) is 25.2 Å². The van der Waals surface area contributed by atoms with Crippen molar-refractivity contribution in [1.29, 1.82) is 0 Å². The molecule has 1 aromatic heterocycles. The van der Waals surface area contributed by atoms with Crippen LogP contribution < -0.4 is 14.7 Å². The van der Waals surface area contributed by atoms with Gasteiger partial charge in [-0.25, -0.2) is 4.98 Å². The van der Waals surface area contributed by atoms with Gasteiger partial charge in [0.1, 0.15) is 11.9 Å². The normalized spacial score (nSPS) is 22.8. The number of carbonyl (C=O) groups is 2. The van der Waals surface area contributed by atoms with Crippen molar-refractivity contribution in [2.75, 3.05) is 74.6 Å². The minimum atomic E-state index is -4.61. The molecule has 0 aliphatic carbocycles. The average Bonchev–Trinajstić information content (AvgIpc) is 3.22. The summed E-state index contributed by atoms with van der Waals surface area (Å²) in [5.74, 6) is -1.40. The van der Waals surface area contributed by atoms with Gasteiger partial charge in [-0.1, -0.05) is 17.7 Å². The highest BCUT2D eigenvalue weighted by atomic mass is 35.5. The van der Waals surface area contributed by atoms with Crippen LogP contribution in [0.4, 0.5) is 30.4 Å². The number of rotatable bonds is 5. The van der Waals surface area contributed by atoms with E-state index in [0.29, 0.717) is 23.8 Å². The second-order valence-corrected chi connectivity index (χ2v) is 11.4. The number of alkyl halides is 3. The molecule has 2 saturated heterocycles. The van der Waals surface area contributed by atoms with E-state index in [9.17, 15) is 22.8 Å². The number of likely N-dealkylation sites (N-methyl/N-ethyl adjacent to an activating group) is 2. The molecule has 5 rings (SSSR count). The van der Waals surface area contributed by atoms with Gasteiger partial charge in [0.15, 0.2) is 0 Å². The second kappa shape index (κ2) is 11.2. The van der Waals surface area contributed by atoms with Crippen LogP contribution in [0.15, 0.2) is 30.3 Å². The zero-order valence-electron chi connectivity index (χ0n) is 22.9. The number of benzene rings is 1. The Morgan fingerprint density at radius 3 is 2.48 bits per heavy atom. The van der Waals surface area contributed by atoms with Gasteiger partial charge in [-0.3, -0.25) is 14.5 Å². The fourth-order valence-corrected chi connectivity index (χ4v) is 6.31. The van der Waals surface area contributed by atoms with Crippen LogP contribution in [0.25, 0.3) is 0 Å². The molecule has 0 saturated carbocycles. The van der Waals surface area contributed by atoms with E-state index in [2.05, 4.69) is 26.7 Å².